The van der Waals surface area contributed by atoms with E-state index in [0.29, 0.717) is 23.0 Å². The van der Waals surface area contributed by atoms with Gasteiger partial charge in [-0.15, -0.1) is 22.7 Å². The second-order valence-corrected chi connectivity index (χ2v) is 10.7. The number of nitrogens with one attached hydrogen (secondary N) is 1. The van der Waals surface area contributed by atoms with Crippen molar-refractivity contribution >= 4 is 50.5 Å². The van der Waals surface area contributed by atoms with Crippen LogP contribution in [0.4, 0.5) is 5.69 Å². The maximum atomic E-state index is 12.9. The summed E-state index contributed by atoms with van der Waals surface area (Å²) < 4.78 is 6.46. The van der Waals surface area contributed by atoms with Crippen LogP contribution < -0.4 is 5.32 Å². The summed E-state index contributed by atoms with van der Waals surface area (Å²) in [5.74, 6) is -0.0922. The predicted molar refractivity (Wildman–Crippen MR) is 142 cm³/mol. The zero-order valence-corrected chi connectivity index (χ0v) is 21.2. The number of rotatable bonds is 7. The maximum Gasteiger partial charge on any atom is 0.350 e. The van der Waals surface area contributed by atoms with E-state index in [9.17, 15) is 9.59 Å². The minimum absolute atomic E-state index is 0.119. The zero-order valence-electron chi connectivity index (χ0n) is 19.5. The van der Waals surface area contributed by atoms with E-state index >= 15 is 0 Å². The van der Waals surface area contributed by atoms with Gasteiger partial charge in [0.15, 0.2) is 0 Å². The molecule has 35 heavy (non-hydrogen) atoms. The number of likely N-dealkylation sites (tertiary alicyclic amines) is 1. The molecule has 0 unspecified atom stereocenters. The molecule has 1 saturated heterocycles. The number of benzene rings is 2. The van der Waals surface area contributed by atoms with E-state index in [0.717, 1.165) is 41.9 Å². The van der Waals surface area contributed by atoms with Gasteiger partial charge in [0.1, 0.15) is 4.88 Å². The highest BCUT2D eigenvalue weighted by Crippen LogP contribution is 2.36. The Morgan fingerprint density at radius 1 is 1.06 bits per heavy atom. The first kappa shape index (κ1) is 23.7. The number of fused-ring (bicyclic) bond motifs is 1. The molecule has 6 nitrogen and oxygen atoms in total. The molecule has 1 aliphatic rings. The molecule has 0 saturated carbocycles. The molecule has 5 rings (SSSR count). The highest BCUT2D eigenvalue weighted by molar-refractivity contribution is 7.18. The van der Waals surface area contributed by atoms with Crippen LogP contribution in [0.5, 0.6) is 0 Å². The molecule has 3 heterocycles. The lowest BCUT2D eigenvalue weighted by atomic mass is 9.97. The number of anilines is 1. The first-order chi connectivity index (χ1) is 17.1. The number of amides is 1. The van der Waals surface area contributed by atoms with Crippen LogP contribution in [0.3, 0.4) is 0 Å². The van der Waals surface area contributed by atoms with Gasteiger partial charge in [0.2, 0.25) is 5.91 Å². The number of carbonyl (C=O) groups is 2. The summed E-state index contributed by atoms with van der Waals surface area (Å²) >= 11 is 3.12. The number of thiazole rings is 1. The molecule has 1 amide bonds. The second-order valence-electron chi connectivity index (χ2n) is 8.56. The molecule has 1 N–H and O–H groups in total. The van der Waals surface area contributed by atoms with E-state index in [-0.39, 0.29) is 12.5 Å². The second kappa shape index (κ2) is 10.7. The van der Waals surface area contributed by atoms with E-state index in [1.54, 1.807) is 18.3 Å². The summed E-state index contributed by atoms with van der Waals surface area (Å²) in [6.45, 7) is 4.05. The number of ether oxygens (including phenoxy) is 1. The third-order valence-electron chi connectivity index (χ3n) is 6.14. The monoisotopic (exact) mass is 505 g/mol. The number of esters is 1. The SMILES string of the molecule is CCOC(=O)c1sc(-c2ccccc2)cc1NC(=O)CN1CCC(c2nc3ccccc3s2)CC1. The average Bonchev–Trinajstić information content (AvgIpc) is 3.50. The summed E-state index contributed by atoms with van der Waals surface area (Å²) in [6, 6.07) is 20.0. The maximum absolute atomic E-state index is 12.9. The topological polar surface area (TPSA) is 71.5 Å². The Morgan fingerprint density at radius 3 is 2.54 bits per heavy atom. The minimum Gasteiger partial charge on any atom is -0.462 e. The average molecular weight is 506 g/mol. The molecule has 0 aliphatic carbocycles. The molecule has 0 spiro atoms. The Kier molecular flexibility index (Phi) is 7.22. The number of nitrogens with zero attached hydrogens (tertiary/aromatic N) is 2. The van der Waals surface area contributed by atoms with Crippen molar-refractivity contribution in [2.45, 2.75) is 25.7 Å². The van der Waals surface area contributed by atoms with Gasteiger partial charge in [0, 0.05) is 10.8 Å². The van der Waals surface area contributed by atoms with Crippen LogP contribution in [0.15, 0.2) is 60.7 Å². The predicted octanol–water partition coefficient (Wildman–Crippen LogP) is 6.02. The quantitative estimate of drug-likeness (QED) is 0.311. The van der Waals surface area contributed by atoms with E-state index in [1.807, 2.05) is 42.5 Å². The van der Waals surface area contributed by atoms with E-state index in [4.69, 9.17) is 9.72 Å². The molecule has 4 aromatic rings. The molecule has 1 fully saturated rings. The molecule has 0 bridgehead atoms. The molecule has 2 aromatic carbocycles. The van der Waals surface area contributed by atoms with Crippen molar-refractivity contribution in [3.05, 3.63) is 70.5 Å². The third kappa shape index (κ3) is 5.45. The van der Waals surface area contributed by atoms with Gasteiger partial charge in [0.05, 0.1) is 34.1 Å². The Labute approximate surface area is 212 Å². The number of hydrogen-bond acceptors (Lipinski definition) is 7. The highest BCUT2D eigenvalue weighted by atomic mass is 32.1. The van der Waals surface area contributed by atoms with Crippen molar-refractivity contribution in [1.82, 2.24) is 9.88 Å². The van der Waals surface area contributed by atoms with Crippen molar-refractivity contribution in [2.75, 3.05) is 31.6 Å². The van der Waals surface area contributed by atoms with Crippen molar-refractivity contribution in [2.24, 2.45) is 0 Å². The van der Waals surface area contributed by atoms with Crippen LogP contribution in [0, 0.1) is 0 Å². The number of piperidine rings is 1. The third-order valence-corrected chi connectivity index (χ3v) is 8.50. The van der Waals surface area contributed by atoms with Crippen molar-refractivity contribution in [3.63, 3.8) is 0 Å². The lowest BCUT2D eigenvalue weighted by Crippen LogP contribution is -2.38. The summed E-state index contributed by atoms with van der Waals surface area (Å²) in [4.78, 5) is 33.8. The number of para-hydroxylation sites is 1. The number of hydrogen-bond donors (Lipinski definition) is 1. The van der Waals surface area contributed by atoms with E-state index < -0.39 is 5.97 Å². The summed E-state index contributed by atoms with van der Waals surface area (Å²) in [6.07, 6.45) is 1.97. The van der Waals surface area contributed by atoms with Gasteiger partial charge in [-0.3, -0.25) is 9.69 Å². The molecule has 180 valence electrons. The number of aromatic nitrogens is 1. The lowest BCUT2D eigenvalue weighted by molar-refractivity contribution is -0.117. The molecular formula is C27H27N3O3S2. The normalized spacial score (nSPS) is 14.8. The van der Waals surface area contributed by atoms with Crippen LogP contribution >= 0.6 is 22.7 Å². The van der Waals surface area contributed by atoms with Gasteiger partial charge in [0.25, 0.3) is 0 Å². The van der Waals surface area contributed by atoms with Crippen molar-refractivity contribution in [1.29, 1.82) is 0 Å². The van der Waals surface area contributed by atoms with Gasteiger partial charge in [-0.2, -0.15) is 0 Å². The summed E-state index contributed by atoms with van der Waals surface area (Å²) in [5, 5.41) is 4.16. The lowest BCUT2D eigenvalue weighted by Gasteiger charge is -2.30. The smallest absolute Gasteiger partial charge is 0.350 e. The minimum atomic E-state index is -0.411. The summed E-state index contributed by atoms with van der Waals surface area (Å²) in [5.41, 5.74) is 2.58. The first-order valence-corrected chi connectivity index (χ1v) is 13.5. The molecule has 1 aliphatic heterocycles. The molecule has 2 aromatic heterocycles. The molecule has 0 atom stereocenters. The fourth-order valence-electron chi connectivity index (χ4n) is 4.37. The molecule has 8 heteroatoms. The van der Waals surface area contributed by atoms with Crippen molar-refractivity contribution in [3.8, 4) is 10.4 Å². The Bertz CT molecular complexity index is 1290. The Hall–Kier alpha value is -3.07. The van der Waals surface area contributed by atoms with Crippen LogP contribution in [0.25, 0.3) is 20.7 Å². The van der Waals surface area contributed by atoms with E-state index in [2.05, 4.69) is 28.4 Å². The van der Waals surface area contributed by atoms with Gasteiger partial charge in [-0.1, -0.05) is 42.5 Å². The van der Waals surface area contributed by atoms with Gasteiger partial charge in [-0.05, 0) is 56.6 Å². The van der Waals surface area contributed by atoms with Crippen molar-refractivity contribution < 1.29 is 14.3 Å². The molecular weight excluding hydrogens is 478 g/mol. The first-order valence-electron chi connectivity index (χ1n) is 11.8. The Morgan fingerprint density at radius 2 is 1.80 bits per heavy atom. The van der Waals surface area contributed by atoms with Gasteiger partial charge in [-0.25, -0.2) is 9.78 Å². The van der Waals surface area contributed by atoms with Crippen LogP contribution in [-0.4, -0.2) is 48.0 Å². The zero-order chi connectivity index (χ0) is 24.2. The Balaban J connectivity index is 1.22. The van der Waals surface area contributed by atoms with Gasteiger partial charge >= 0.3 is 5.97 Å². The fourth-order valence-corrected chi connectivity index (χ4v) is 6.52. The summed E-state index contributed by atoms with van der Waals surface area (Å²) in [7, 11) is 0. The van der Waals surface area contributed by atoms with E-state index in [1.165, 1.54) is 21.0 Å². The molecule has 0 radical (unpaired) electrons. The fraction of sp³-hybridized carbons (Fsp3) is 0.296. The highest BCUT2D eigenvalue weighted by Gasteiger charge is 2.25. The number of carbonyl (C=O) groups excluding carboxylic acids is 2. The largest absolute Gasteiger partial charge is 0.462 e. The number of thiophene rings is 1. The van der Waals surface area contributed by atoms with Crippen LogP contribution in [-0.2, 0) is 9.53 Å². The van der Waals surface area contributed by atoms with Crippen LogP contribution in [0.2, 0.25) is 0 Å². The van der Waals surface area contributed by atoms with Crippen LogP contribution in [0.1, 0.15) is 40.4 Å². The van der Waals surface area contributed by atoms with Gasteiger partial charge < -0.3 is 10.1 Å². The standard InChI is InChI=1S/C27H27N3O3S2/c1-2-33-27(32)25-21(16-23(34-25)18-8-4-3-5-9-18)28-24(31)17-30-14-12-19(13-15-30)26-29-20-10-6-7-11-22(20)35-26/h3-11,16,19H,2,12-15,17H2,1H3,(H,28,31).